The van der Waals surface area contributed by atoms with E-state index in [-0.39, 0.29) is 58.4 Å². The van der Waals surface area contributed by atoms with Crippen LogP contribution < -0.4 is 15.4 Å². The number of anilines is 1. The molecule has 0 unspecified atom stereocenters. The molecule has 4 rings (SSSR count). The maximum absolute atomic E-state index is 13.8. The first-order valence-electron chi connectivity index (χ1n) is 17.8. The summed E-state index contributed by atoms with van der Waals surface area (Å²) in [6.07, 6.45) is 14.8. The van der Waals surface area contributed by atoms with Crippen LogP contribution in [0.1, 0.15) is 111 Å². The molecule has 0 spiro atoms. The van der Waals surface area contributed by atoms with Crippen LogP contribution in [0.3, 0.4) is 0 Å². The van der Waals surface area contributed by atoms with E-state index in [4.69, 9.17) is 25.8 Å². The maximum Gasteiger partial charge on any atom is 0.434 e. The first-order chi connectivity index (χ1) is 24.6. The first kappa shape index (κ1) is 39.3. The third-order valence-corrected chi connectivity index (χ3v) is 8.53. The molecule has 0 fully saturated rings. The van der Waals surface area contributed by atoms with Gasteiger partial charge < -0.3 is 24.8 Å². The highest BCUT2D eigenvalue weighted by Crippen LogP contribution is 2.31. The predicted octanol–water partition coefficient (Wildman–Crippen LogP) is 7.90. The lowest BCUT2D eigenvalue weighted by molar-refractivity contribution is 0.0703. The summed E-state index contributed by atoms with van der Waals surface area (Å²) in [7, 11) is 1.43. The molecular weight excluding hydrogens is 674 g/mol. The molecule has 0 bridgehead atoms. The summed E-state index contributed by atoms with van der Waals surface area (Å²) in [6, 6.07) is 6.23. The van der Waals surface area contributed by atoms with Crippen LogP contribution in [-0.2, 0) is 9.47 Å². The Kier molecular flexibility index (Phi) is 15.2. The van der Waals surface area contributed by atoms with Crippen LogP contribution in [0, 0.1) is 6.92 Å². The average molecular weight is 724 g/mol. The Morgan fingerprint density at radius 1 is 0.922 bits per heavy atom. The molecule has 51 heavy (non-hydrogen) atoms. The second kappa shape index (κ2) is 19.8. The van der Waals surface area contributed by atoms with Gasteiger partial charge in [-0.15, -0.1) is 5.10 Å². The Bertz CT molecular complexity index is 1770. The zero-order valence-electron chi connectivity index (χ0n) is 30.3. The van der Waals surface area contributed by atoms with E-state index in [1.165, 1.54) is 81.6 Å². The van der Waals surface area contributed by atoms with Crippen molar-refractivity contribution in [2.24, 2.45) is 0 Å². The van der Waals surface area contributed by atoms with E-state index in [0.717, 1.165) is 17.5 Å². The molecular formula is C37H50ClN7O6. The lowest BCUT2D eigenvalue weighted by Gasteiger charge is -2.16. The third kappa shape index (κ3) is 11.0. The molecule has 0 saturated carbocycles. The second-order valence-electron chi connectivity index (χ2n) is 12.7. The van der Waals surface area contributed by atoms with Gasteiger partial charge in [0.2, 0.25) is 5.88 Å². The Morgan fingerprint density at radius 2 is 1.63 bits per heavy atom. The summed E-state index contributed by atoms with van der Waals surface area (Å²) >= 11 is 6.37. The van der Waals surface area contributed by atoms with Crippen molar-refractivity contribution >= 4 is 46.1 Å². The molecule has 0 atom stereocenters. The summed E-state index contributed by atoms with van der Waals surface area (Å²) in [4.78, 5) is 44.7. The number of hydrogen-bond donors (Lipinski definition) is 2. The molecule has 4 aromatic rings. The minimum absolute atomic E-state index is 0.0608. The van der Waals surface area contributed by atoms with Crippen LogP contribution in [-0.4, -0.2) is 75.4 Å². The summed E-state index contributed by atoms with van der Waals surface area (Å²) in [6.45, 7) is 8.57. The van der Waals surface area contributed by atoms with Crippen molar-refractivity contribution in [2.45, 2.75) is 97.9 Å². The van der Waals surface area contributed by atoms with Gasteiger partial charge in [-0.3, -0.25) is 9.59 Å². The quantitative estimate of drug-likeness (QED) is 0.0867. The normalized spacial score (nSPS) is 11.3. The summed E-state index contributed by atoms with van der Waals surface area (Å²) in [5.41, 5.74) is 1.14. The number of ether oxygens (including phenoxy) is 3. The number of carbonyl (C=O) groups is 3. The van der Waals surface area contributed by atoms with Gasteiger partial charge in [-0.05, 0) is 51.0 Å². The van der Waals surface area contributed by atoms with Gasteiger partial charge in [-0.25, -0.2) is 14.5 Å². The number of aryl methyl sites for hydroxylation is 1. The molecule has 0 aliphatic carbocycles. The van der Waals surface area contributed by atoms with Crippen LogP contribution in [0.15, 0.2) is 36.7 Å². The number of aromatic nitrogens is 5. The lowest BCUT2D eigenvalue weighted by Crippen LogP contribution is -2.31. The van der Waals surface area contributed by atoms with E-state index in [2.05, 4.69) is 32.7 Å². The highest BCUT2D eigenvalue weighted by Gasteiger charge is 2.26. The van der Waals surface area contributed by atoms with Crippen LogP contribution >= 0.6 is 11.6 Å². The number of nitrogens with one attached hydrogen (secondary N) is 2. The fourth-order valence-electron chi connectivity index (χ4n) is 5.66. The zero-order valence-corrected chi connectivity index (χ0v) is 31.1. The molecule has 0 radical (unpaired) electrons. The summed E-state index contributed by atoms with van der Waals surface area (Å²) < 4.78 is 18.7. The van der Waals surface area contributed by atoms with E-state index >= 15 is 0 Å². The van der Waals surface area contributed by atoms with Gasteiger partial charge in [-0.1, -0.05) is 76.3 Å². The van der Waals surface area contributed by atoms with Gasteiger partial charge in [0, 0.05) is 36.5 Å². The number of fused-ring (bicyclic) bond motifs is 1. The highest BCUT2D eigenvalue weighted by atomic mass is 35.5. The fraction of sp³-hybridized carbons (Fsp3) is 0.514. The van der Waals surface area contributed by atoms with Gasteiger partial charge in [0.05, 0.1) is 30.0 Å². The highest BCUT2D eigenvalue weighted by molar-refractivity contribution is 6.32. The minimum Gasteiger partial charge on any atom is -0.480 e. The smallest absolute Gasteiger partial charge is 0.434 e. The van der Waals surface area contributed by atoms with Crippen molar-refractivity contribution in [2.75, 3.05) is 32.2 Å². The second-order valence-corrected chi connectivity index (χ2v) is 13.1. The summed E-state index contributed by atoms with van der Waals surface area (Å²) in [5.74, 6) is -0.704. The van der Waals surface area contributed by atoms with Crippen molar-refractivity contribution < 1.29 is 28.6 Å². The van der Waals surface area contributed by atoms with Crippen LogP contribution in [0.5, 0.6) is 5.88 Å². The molecule has 276 valence electrons. The number of methoxy groups -OCH3 is 1. The topological polar surface area (TPSA) is 151 Å². The number of nitrogens with zero attached hydrogens (tertiary/aromatic N) is 5. The third-order valence-electron chi connectivity index (χ3n) is 8.23. The molecule has 13 nitrogen and oxygen atoms in total. The molecule has 3 aromatic heterocycles. The van der Waals surface area contributed by atoms with Crippen molar-refractivity contribution in [3.8, 4) is 11.7 Å². The first-order valence-corrected chi connectivity index (χ1v) is 18.2. The lowest BCUT2D eigenvalue weighted by atomic mass is 10.0. The number of amides is 2. The van der Waals surface area contributed by atoms with Crippen molar-refractivity contribution in [3.63, 3.8) is 0 Å². The van der Waals surface area contributed by atoms with Gasteiger partial charge >= 0.3 is 6.09 Å². The zero-order chi connectivity index (χ0) is 36.8. The van der Waals surface area contributed by atoms with Gasteiger partial charge in [-0.2, -0.15) is 9.78 Å². The van der Waals surface area contributed by atoms with Gasteiger partial charge in [0.15, 0.2) is 5.82 Å². The standard InChI is InChI=1S/C37H50ClN7O6/c1-6-7-8-9-10-11-12-13-14-15-19-50-20-21-51-37(48)44-24-27-22-26(4)32(31(33(27)43-44)36(47)40-25(2)3)41-35(46)29-23-30(49-5)42-45(29)34-28(38)17-16-18-39-34/h16-18,22-25H,6-15,19-21H2,1-5H3,(H,40,47)(H,41,46). The van der Waals surface area contributed by atoms with E-state index in [0.29, 0.717) is 17.6 Å². The number of carbonyl (C=O) groups excluding carboxylic acids is 3. The Hall–Kier alpha value is -4.49. The molecule has 2 amide bonds. The number of unbranched alkanes of at least 4 members (excludes halogenated alkanes) is 9. The molecule has 1 aromatic carbocycles. The van der Waals surface area contributed by atoms with E-state index in [1.54, 1.807) is 25.1 Å². The van der Waals surface area contributed by atoms with Crippen molar-refractivity contribution in [3.05, 3.63) is 58.5 Å². The monoisotopic (exact) mass is 723 g/mol. The van der Waals surface area contributed by atoms with Crippen molar-refractivity contribution in [1.29, 1.82) is 0 Å². The van der Waals surface area contributed by atoms with Crippen LogP contribution in [0.4, 0.5) is 10.5 Å². The Morgan fingerprint density at radius 3 is 2.29 bits per heavy atom. The SMILES string of the molecule is CCCCCCCCCCCCOCCOC(=O)n1cc2cc(C)c(NC(=O)c3cc(OC)nn3-c3ncccc3Cl)c(C(=O)NC(C)C)c2n1. The number of hydrogen-bond acceptors (Lipinski definition) is 9. The predicted molar refractivity (Wildman–Crippen MR) is 197 cm³/mol. The number of rotatable bonds is 20. The fourth-order valence-corrected chi connectivity index (χ4v) is 5.86. The molecule has 0 saturated heterocycles. The molecule has 0 aliphatic heterocycles. The number of halogens is 1. The molecule has 3 heterocycles. The number of pyridine rings is 1. The largest absolute Gasteiger partial charge is 0.480 e. The maximum atomic E-state index is 13.8. The van der Waals surface area contributed by atoms with E-state index in [9.17, 15) is 14.4 Å². The van der Waals surface area contributed by atoms with Crippen LogP contribution in [0.25, 0.3) is 16.7 Å². The Balaban J connectivity index is 1.42. The molecule has 14 heteroatoms. The van der Waals surface area contributed by atoms with Gasteiger partial charge in [0.1, 0.15) is 17.8 Å². The Labute approximate surface area is 304 Å². The van der Waals surface area contributed by atoms with E-state index in [1.807, 2.05) is 13.8 Å². The summed E-state index contributed by atoms with van der Waals surface area (Å²) in [5, 5.41) is 15.3. The molecule has 0 aliphatic rings. The molecule has 2 N–H and O–H groups in total. The van der Waals surface area contributed by atoms with Gasteiger partial charge in [0.25, 0.3) is 11.8 Å². The number of benzene rings is 1. The van der Waals surface area contributed by atoms with Crippen LogP contribution in [0.2, 0.25) is 5.02 Å². The van der Waals surface area contributed by atoms with Crippen molar-refractivity contribution in [1.82, 2.24) is 29.9 Å². The average Bonchev–Trinajstić information content (AvgIpc) is 3.73. The van der Waals surface area contributed by atoms with E-state index < -0.39 is 17.9 Å². The minimum atomic E-state index is -0.713.